The van der Waals surface area contributed by atoms with Crippen molar-refractivity contribution in [2.45, 2.75) is 6.92 Å². The summed E-state index contributed by atoms with van der Waals surface area (Å²) in [5.41, 5.74) is 8.45. The van der Waals surface area contributed by atoms with Gasteiger partial charge in [0.1, 0.15) is 0 Å². The third kappa shape index (κ3) is 0.852. The van der Waals surface area contributed by atoms with Gasteiger partial charge in [-0.3, -0.25) is 0 Å². The second kappa shape index (κ2) is 1.99. The predicted octanol–water partition coefficient (Wildman–Crippen LogP) is 1.22. The van der Waals surface area contributed by atoms with Gasteiger partial charge in [-0.05, 0) is 25.1 Å². The minimum absolute atomic E-state index is 0.771. The molecule has 2 aromatic heterocycles. The first-order valence-corrected chi connectivity index (χ1v) is 3.48. The molecule has 0 bridgehead atoms. The second-order valence-electron chi connectivity index (χ2n) is 2.58. The average Bonchev–Trinajstić information content (AvgIpc) is 2.31. The van der Waals surface area contributed by atoms with Gasteiger partial charge in [-0.1, -0.05) is 0 Å². The summed E-state index contributed by atoms with van der Waals surface area (Å²) in [7, 11) is 0. The van der Waals surface area contributed by atoms with Crippen LogP contribution >= 0.6 is 0 Å². The van der Waals surface area contributed by atoms with Crippen LogP contribution < -0.4 is 5.73 Å². The van der Waals surface area contributed by atoms with Gasteiger partial charge in [0.25, 0.3) is 0 Å². The van der Waals surface area contributed by atoms with E-state index in [4.69, 9.17) is 5.73 Å². The second-order valence-corrected chi connectivity index (χ2v) is 2.58. The molecule has 3 nitrogen and oxygen atoms in total. The molecular formula is C8H9N3. The fourth-order valence-electron chi connectivity index (χ4n) is 1.16. The van der Waals surface area contributed by atoms with Crippen LogP contribution in [0, 0.1) is 6.92 Å². The van der Waals surface area contributed by atoms with Gasteiger partial charge in [-0.15, -0.1) is 0 Å². The highest BCUT2D eigenvalue weighted by atomic mass is 15.2. The highest BCUT2D eigenvalue weighted by Gasteiger charge is 1.98. The Hall–Kier alpha value is -1.51. The van der Waals surface area contributed by atoms with Crippen LogP contribution in [0.2, 0.25) is 0 Å². The first-order chi connectivity index (χ1) is 5.27. The molecule has 0 fully saturated rings. The van der Waals surface area contributed by atoms with Crippen molar-refractivity contribution in [3.8, 4) is 0 Å². The van der Waals surface area contributed by atoms with Crippen LogP contribution in [0.3, 0.4) is 0 Å². The zero-order valence-electron chi connectivity index (χ0n) is 6.28. The molecule has 11 heavy (non-hydrogen) atoms. The smallest absolute Gasteiger partial charge is 0.0893 e. The zero-order valence-corrected chi connectivity index (χ0v) is 6.28. The van der Waals surface area contributed by atoms with Crippen LogP contribution in [-0.4, -0.2) is 9.61 Å². The van der Waals surface area contributed by atoms with Crippen molar-refractivity contribution in [1.29, 1.82) is 0 Å². The SMILES string of the molecule is Cc1cc2c(N)cccn2n1. The molecule has 2 aromatic rings. The topological polar surface area (TPSA) is 43.3 Å². The predicted molar refractivity (Wildman–Crippen MR) is 44.3 cm³/mol. The van der Waals surface area contributed by atoms with E-state index in [0.29, 0.717) is 0 Å². The Morgan fingerprint density at radius 3 is 3.09 bits per heavy atom. The molecule has 0 aliphatic heterocycles. The summed E-state index contributed by atoms with van der Waals surface area (Å²) < 4.78 is 1.78. The molecule has 2 rings (SSSR count). The molecule has 0 aliphatic rings. The summed E-state index contributed by atoms with van der Waals surface area (Å²) >= 11 is 0. The molecule has 0 amide bonds. The maximum Gasteiger partial charge on any atom is 0.0893 e. The lowest BCUT2D eigenvalue weighted by molar-refractivity contribution is 0.935. The number of aryl methyl sites for hydroxylation is 1. The Bertz CT molecular complexity index is 389. The largest absolute Gasteiger partial charge is 0.397 e. The Morgan fingerprint density at radius 1 is 1.55 bits per heavy atom. The minimum atomic E-state index is 0.771. The molecule has 0 radical (unpaired) electrons. The first kappa shape index (κ1) is 6.22. The molecule has 56 valence electrons. The highest BCUT2D eigenvalue weighted by molar-refractivity contribution is 5.69. The zero-order chi connectivity index (χ0) is 7.84. The van der Waals surface area contributed by atoms with Crippen molar-refractivity contribution in [3.05, 3.63) is 30.1 Å². The normalized spacial score (nSPS) is 10.6. The van der Waals surface area contributed by atoms with Crippen LogP contribution in [-0.2, 0) is 0 Å². The monoisotopic (exact) mass is 147 g/mol. The van der Waals surface area contributed by atoms with Crippen molar-refractivity contribution in [2.75, 3.05) is 5.73 Å². The van der Waals surface area contributed by atoms with Gasteiger partial charge >= 0.3 is 0 Å². The fraction of sp³-hybridized carbons (Fsp3) is 0.125. The fourth-order valence-corrected chi connectivity index (χ4v) is 1.16. The molecule has 0 saturated heterocycles. The molecule has 0 unspecified atom stereocenters. The summed E-state index contributed by atoms with van der Waals surface area (Å²) in [6.07, 6.45) is 1.89. The van der Waals surface area contributed by atoms with Crippen molar-refractivity contribution >= 4 is 11.2 Å². The number of nitrogens with two attached hydrogens (primary N) is 1. The Balaban J connectivity index is 2.90. The van der Waals surface area contributed by atoms with Crippen LogP contribution in [0.25, 0.3) is 5.52 Å². The number of nitrogens with zero attached hydrogens (tertiary/aromatic N) is 2. The summed E-state index contributed by atoms with van der Waals surface area (Å²) in [6, 6.07) is 5.72. The van der Waals surface area contributed by atoms with Gasteiger partial charge < -0.3 is 5.73 Å². The van der Waals surface area contributed by atoms with Gasteiger partial charge in [0.15, 0.2) is 0 Å². The molecule has 0 aromatic carbocycles. The lowest BCUT2D eigenvalue weighted by Gasteiger charge is -1.94. The third-order valence-electron chi connectivity index (χ3n) is 1.66. The standard InChI is InChI=1S/C8H9N3/c1-6-5-8-7(9)3-2-4-11(8)10-6/h2-5H,9H2,1H3. The van der Waals surface area contributed by atoms with E-state index < -0.39 is 0 Å². The molecule has 2 heterocycles. The highest BCUT2D eigenvalue weighted by Crippen LogP contribution is 2.12. The van der Waals surface area contributed by atoms with Gasteiger partial charge in [0, 0.05) is 6.20 Å². The lowest BCUT2D eigenvalue weighted by Crippen LogP contribution is -1.91. The Labute approximate surface area is 64.4 Å². The van der Waals surface area contributed by atoms with E-state index in [2.05, 4.69) is 5.10 Å². The molecule has 0 saturated carbocycles. The van der Waals surface area contributed by atoms with E-state index >= 15 is 0 Å². The molecule has 0 atom stereocenters. The van der Waals surface area contributed by atoms with E-state index in [1.165, 1.54) is 0 Å². The van der Waals surface area contributed by atoms with Gasteiger partial charge in [-0.25, -0.2) is 4.52 Å². The van der Waals surface area contributed by atoms with E-state index in [1.54, 1.807) is 4.52 Å². The number of nitrogen functional groups attached to an aromatic ring is 1. The number of hydrogen-bond acceptors (Lipinski definition) is 2. The van der Waals surface area contributed by atoms with Crippen LogP contribution in [0.4, 0.5) is 5.69 Å². The van der Waals surface area contributed by atoms with Gasteiger partial charge in [0.05, 0.1) is 16.9 Å². The van der Waals surface area contributed by atoms with Gasteiger partial charge in [0.2, 0.25) is 0 Å². The maximum absolute atomic E-state index is 5.71. The summed E-state index contributed by atoms with van der Waals surface area (Å²) in [5, 5.41) is 4.21. The molecule has 0 spiro atoms. The van der Waals surface area contributed by atoms with E-state index in [1.807, 2.05) is 31.3 Å². The van der Waals surface area contributed by atoms with Crippen molar-refractivity contribution in [3.63, 3.8) is 0 Å². The molecular weight excluding hydrogens is 138 g/mol. The number of hydrogen-bond donors (Lipinski definition) is 1. The quantitative estimate of drug-likeness (QED) is 0.609. The van der Waals surface area contributed by atoms with Crippen LogP contribution in [0.5, 0.6) is 0 Å². The molecule has 2 N–H and O–H groups in total. The van der Waals surface area contributed by atoms with Crippen molar-refractivity contribution in [2.24, 2.45) is 0 Å². The van der Waals surface area contributed by atoms with Crippen LogP contribution in [0.15, 0.2) is 24.4 Å². The number of fused-ring (bicyclic) bond motifs is 1. The van der Waals surface area contributed by atoms with E-state index in [0.717, 1.165) is 16.9 Å². The average molecular weight is 147 g/mol. The van der Waals surface area contributed by atoms with Crippen molar-refractivity contribution < 1.29 is 0 Å². The number of rotatable bonds is 0. The summed E-state index contributed by atoms with van der Waals surface area (Å²) in [4.78, 5) is 0. The van der Waals surface area contributed by atoms with E-state index in [-0.39, 0.29) is 0 Å². The summed E-state index contributed by atoms with van der Waals surface area (Å²) in [6.45, 7) is 1.95. The van der Waals surface area contributed by atoms with Crippen molar-refractivity contribution in [1.82, 2.24) is 9.61 Å². The maximum atomic E-state index is 5.71. The number of pyridine rings is 1. The third-order valence-corrected chi connectivity index (χ3v) is 1.66. The lowest BCUT2D eigenvalue weighted by atomic mass is 10.3. The number of aromatic nitrogens is 2. The molecule has 3 heteroatoms. The Kier molecular flexibility index (Phi) is 1.12. The molecule has 0 aliphatic carbocycles. The minimum Gasteiger partial charge on any atom is -0.397 e. The van der Waals surface area contributed by atoms with Crippen LogP contribution in [0.1, 0.15) is 5.69 Å². The number of anilines is 1. The van der Waals surface area contributed by atoms with Gasteiger partial charge in [-0.2, -0.15) is 5.10 Å². The summed E-state index contributed by atoms with van der Waals surface area (Å²) in [5.74, 6) is 0. The van der Waals surface area contributed by atoms with E-state index in [9.17, 15) is 0 Å². The Morgan fingerprint density at radius 2 is 2.36 bits per heavy atom. The first-order valence-electron chi connectivity index (χ1n) is 3.48.